The van der Waals surface area contributed by atoms with E-state index in [0.29, 0.717) is 21.5 Å². The van der Waals surface area contributed by atoms with Crippen molar-refractivity contribution in [2.24, 2.45) is 0 Å². The van der Waals surface area contributed by atoms with Crippen LogP contribution < -0.4 is 0 Å². The molecule has 6 heteroatoms. The van der Waals surface area contributed by atoms with Gasteiger partial charge in [-0.25, -0.2) is 8.42 Å². The van der Waals surface area contributed by atoms with Crippen LogP contribution in [0.25, 0.3) is 10.9 Å². The number of sulfone groups is 1. The smallest absolute Gasteiger partial charge is 0.262 e. The molecule has 0 amide bonds. The first kappa shape index (κ1) is 15.8. The number of halogens is 1. The summed E-state index contributed by atoms with van der Waals surface area (Å²) in [6.45, 7) is 1.81. The van der Waals surface area contributed by atoms with Crippen molar-refractivity contribution in [2.45, 2.75) is 11.8 Å². The van der Waals surface area contributed by atoms with Gasteiger partial charge in [0.2, 0.25) is 0 Å². The molecule has 0 aliphatic carbocycles. The summed E-state index contributed by atoms with van der Waals surface area (Å²) in [6, 6.07) is 13.2. The monoisotopic (exact) mass is 347 g/mol. The predicted molar refractivity (Wildman–Crippen MR) is 91.0 cm³/mol. The number of carbonyl (C=O) groups excluding carboxylic acids is 1. The van der Waals surface area contributed by atoms with Crippen LogP contribution in [0.1, 0.15) is 16.1 Å². The van der Waals surface area contributed by atoms with E-state index < -0.39 is 9.84 Å². The van der Waals surface area contributed by atoms with E-state index in [1.807, 2.05) is 6.92 Å². The molecular formula is C17H14ClNO3S. The van der Waals surface area contributed by atoms with Gasteiger partial charge in [-0.1, -0.05) is 11.6 Å². The molecule has 0 aliphatic heterocycles. The third-order valence-electron chi connectivity index (χ3n) is 3.68. The fourth-order valence-corrected chi connectivity index (χ4v) is 3.34. The van der Waals surface area contributed by atoms with Gasteiger partial charge < -0.3 is 0 Å². The van der Waals surface area contributed by atoms with Gasteiger partial charge in [0.25, 0.3) is 5.91 Å². The molecule has 0 aliphatic rings. The van der Waals surface area contributed by atoms with Crippen molar-refractivity contribution >= 4 is 38.2 Å². The summed E-state index contributed by atoms with van der Waals surface area (Å²) in [5.74, 6) is -0.179. The quantitative estimate of drug-likeness (QED) is 0.710. The number of hydrogen-bond acceptors (Lipinski definition) is 3. The van der Waals surface area contributed by atoms with Crippen molar-refractivity contribution < 1.29 is 13.2 Å². The maximum atomic E-state index is 12.7. The van der Waals surface area contributed by atoms with Crippen molar-refractivity contribution in [1.29, 1.82) is 0 Å². The molecule has 0 spiro atoms. The molecule has 0 atom stereocenters. The summed E-state index contributed by atoms with van der Waals surface area (Å²) in [7, 11) is -3.28. The lowest BCUT2D eigenvalue weighted by atomic mass is 10.2. The van der Waals surface area contributed by atoms with Crippen LogP contribution in [0.15, 0.2) is 53.4 Å². The Hall–Kier alpha value is -2.11. The van der Waals surface area contributed by atoms with Gasteiger partial charge in [0.1, 0.15) is 0 Å². The number of aryl methyl sites for hydroxylation is 1. The lowest BCUT2D eigenvalue weighted by molar-refractivity contribution is 0.0963. The summed E-state index contributed by atoms with van der Waals surface area (Å²) in [5.41, 5.74) is 1.93. The van der Waals surface area contributed by atoms with E-state index in [0.717, 1.165) is 11.9 Å². The van der Waals surface area contributed by atoms with Gasteiger partial charge in [0, 0.05) is 27.9 Å². The average molecular weight is 348 g/mol. The summed E-state index contributed by atoms with van der Waals surface area (Å²) in [4.78, 5) is 13.0. The van der Waals surface area contributed by atoms with Crippen LogP contribution in [0.5, 0.6) is 0 Å². The summed E-state index contributed by atoms with van der Waals surface area (Å²) in [6.07, 6.45) is 1.16. The Morgan fingerprint density at radius 1 is 1.04 bits per heavy atom. The number of aromatic nitrogens is 1. The number of hydrogen-bond donors (Lipinski definition) is 0. The SMILES string of the molecule is Cc1cc2cc(S(C)(=O)=O)ccc2n1C(=O)c1ccc(Cl)cc1. The third-order valence-corrected chi connectivity index (χ3v) is 5.04. The Labute approximate surface area is 139 Å². The van der Waals surface area contributed by atoms with Gasteiger partial charge in [0.05, 0.1) is 10.4 Å². The molecule has 0 fully saturated rings. The van der Waals surface area contributed by atoms with Crippen LogP contribution in [0.2, 0.25) is 5.02 Å². The van der Waals surface area contributed by atoms with Crippen LogP contribution in [-0.4, -0.2) is 25.1 Å². The van der Waals surface area contributed by atoms with Gasteiger partial charge in [-0.05, 0) is 55.5 Å². The van der Waals surface area contributed by atoms with Crippen LogP contribution in [0, 0.1) is 6.92 Å². The largest absolute Gasteiger partial charge is 0.280 e. The second-order valence-electron chi connectivity index (χ2n) is 5.43. The highest BCUT2D eigenvalue weighted by molar-refractivity contribution is 7.90. The molecule has 118 valence electrons. The van der Waals surface area contributed by atoms with Crippen molar-refractivity contribution in [2.75, 3.05) is 6.26 Å². The zero-order valence-electron chi connectivity index (χ0n) is 12.6. The molecule has 0 unspecified atom stereocenters. The molecule has 0 bridgehead atoms. The first-order chi connectivity index (χ1) is 10.8. The highest BCUT2D eigenvalue weighted by Gasteiger charge is 2.16. The predicted octanol–water partition coefficient (Wildman–Crippen LogP) is 3.70. The Kier molecular flexibility index (Phi) is 3.78. The minimum atomic E-state index is -3.28. The van der Waals surface area contributed by atoms with E-state index in [1.54, 1.807) is 47.0 Å². The van der Waals surface area contributed by atoms with E-state index in [-0.39, 0.29) is 10.8 Å². The highest BCUT2D eigenvalue weighted by atomic mass is 35.5. The summed E-state index contributed by atoms with van der Waals surface area (Å²) < 4.78 is 24.9. The molecule has 1 aromatic heterocycles. The Bertz CT molecular complexity index is 1020. The molecule has 3 rings (SSSR count). The molecule has 3 aromatic rings. The van der Waals surface area contributed by atoms with Gasteiger partial charge in [0.15, 0.2) is 9.84 Å². The van der Waals surface area contributed by atoms with Crippen LogP contribution in [0.3, 0.4) is 0 Å². The Morgan fingerprint density at radius 2 is 1.70 bits per heavy atom. The Balaban J connectivity index is 2.16. The number of fused-ring (bicyclic) bond motifs is 1. The molecule has 0 saturated heterocycles. The first-order valence-electron chi connectivity index (χ1n) is 6.90. The molecule has 4 nitrogen and oxygen atoms in total. The van der Waals surface area contributed by atoms with Crippen LogP contribution >= 0.6 is 11.6 Å². The van der Waals surface area contributed by atoms with E-state index in [2.05, 4.69) is 0 Å². The van der Waals surface area contributed by atoms with Crippen molar-refractivity contribution in [3.8, 4) is 0 Å². The van der Waals surface area contributed by atoms with E-state index in [9.17, 15) is 13.2 Å². The van der Waals surface area contributed by atoms with Gasteiger partial charge in [-0.3, -0.25) is 9.36 Å². The maximum absolute atomic E-state index is 12.7. The summed E-state index contributed by atoms with van der Waals surface area (Å²) in [5, 5.41) is 1.28. The lowest BCUT2D eigenvalue weighted by Gasteiger charge is -2.07. The molecule has 0 radical (unpaired) electrons. The normalized spacial score (nSPS) is 11.8. The maximum Gasteiger partial charge on any atom is 0.262 e. The van der Waals surface area contributed by atoms with E-state index >= 15 is 0 Å². The molecule has 1 heterocycles. The molecule has 23 heavy (non-hydrogen) atoms. The van der Waals surface area contributed by atoms with E-state index in [4.69, 9.17) is 11.6 Å². The zero-order chi connectivity index (χ0) is 16.8. The molecular weight excluding hydrogens is 334 g/mol. The van der Waals surface area contributed by atoms with Gasteiger partial charge in [-0.15, -0.1) is 0 Å². The fraction of sp³-hybridized carbons (Fsp3) is 0.118. The average Bonchev–Trinajstić information content (AvgIpc) is 2.81. The van der Waals surface area contributed by atoms with Gasteiger partial charge >= 0.3 is 0 Å². The van der Waals surface area contributed by atoms with Crippen molar-refractivity contribution in [3.05, 3.63) is 64.8 Å². The van der Waals surface area contributed by atoms with Gasteiger partial charge in [-0.2, -0.15) is 0 Å². The lowest BCUT2D eigenvalue weighted by Crippen LogP contribution is -2.13. The zero-order valence-corrected chi connectivity index (χ0v) is 14.1. The minimum absolute atomic E-state index is 0.179. The van der Waals surface area contributed by atoms with Crippen molar-refractivity contribution in [3.63, 3.8) is 0 Å². The standard InChI is InChI=1S/C17H14ClNO3S/c1-11-9-13-10-15(23(2,21)22)7-8-16(13)19(11)17(20)12-3-5-14(18)6-4-12/h3-10H,1-2H3. The first-order valence-corrected chi connectivity index (χ1v) is 9.17. The molecule has 0 N–H and O–H groups in total. The fourth-order valence-electron chi connectivity index (χ4n) is 2.55. The second kappa shape index (κ2) is 5.51. The highest BCUT2D eigenvalue weighted by Crippen LogP contribution is 2.24. The van der Waals surface area contributed by atoms with E-state index in [1.165, 1.54) is 6.07 Å². The number of benzene rings is 2. The number of nitrogens with zero attached hydrogens (tertiary/aromatic N) is 1. The molecule has 0 saturated carbocycles. The summed E-state index contributed by atoms with van der Waals surface area (Å²) >= 11 is 5.85. The number of carbonyl (C=O) groups is 1. The van der Waals surface area contributed by atoms with Crippen LogP contribution in [0.4, 0.5) is 0 Å². The molecule has 2 aromatic carbocycles. The Morgan fingerprint density at radius 3 is 2.30 bits per heavy atom. The van der Waals surface area contributed by atoms with Crippen LogP contribution in [-0.2, 0) is 9.84 Å². The minimum Gasteiger partial charge on any atom is -0.280 e. The second-order valence-corrected chi connectivity index (χ2v) is 7.88. The topological polar surface area (TPSA) is 56.1 Å². The third kappa shape index (κ3) is 2.90. The number of rotatable bonds is 2. The van der Waals surface area contributed by atoms with Crippen molar-refractivity contribution in [1.82, 2.24) is 4.57 Å².